The van der Waals surface area contributed by atoms with Gasteiger partial charge in [-0.25, -0.2) is 9.78 Å². The molecule has 2 N–H and O–H groups in total. The molecule has 2 aromatic carbocycles. The van der Waals surface area contributed by atoms with E-state index in [2.05, 4.69) is 15.0 Å². The van der Waals surface area contributed by atoms with Gasteiger partial charge in [0.2, 0.25) is 0 Å². The summed E-state index contributed by atoms with van der Waals surface area (Å²) in [5, 5.41) is 12.5. The predicted octanol–water partition coefficient (Wildman–Crippen LogP) is 4.09. The van der Waals surface area contributed by atoms with E-state index in [4.69, 9.17) is 21.3 Å². The van der Waals surface area contributed by atoms with Crippen molar-refractivity contribution >= 4 is 35.0 Å². The molecule has 2 atom stereocenters. The maximum Gasteiger partial charge on any atom is 0.336 e. The van der Waals surface area contributed by atoms with Crippen LogP contribution in [0.1, 0.15) is 27.5 Å². The van der Waals surface area contributed by atoms with Crippen molar-refractivity contribution in [1.82, 2.24) is 15.0 Å². The van der Waals surface area contributed by atoms with Crippen molar-refractivity contribution in [2.75, 3.05) is 0 Å². The highest BCUT2D eigenvalue weighted by atomic mass is 35.5. The second-order valence-electron chi connectivity index (χ2n) is 7.31. The summed E-state index contributed by atoms with van der Waals surface area (Å²) in [4.78, 5) is 27.9. The summed E-state index contributed by atoms with van der Waals surface area (Å²) < 4.78 is 5.75. The quantitative estimate of drug-likeness (QED) is 0.433. The fourth-order valence-electron chi connectivity index (χ4n) is 3.53. The normalized spacial score (nSPS) is 17.2. The van der Waals surface area contributed by atoms with Crippen molar-refractivity contribution in [3.63, 3.8) is 0 Å². The number of aromatic carboxylic acids is 1. The number of nitrogens with zero attached hydrogens (tertiary/aromatic N) is 3. The Bertz CT molecular complexity index is 1410. The number of fused-ring (bicyclic) bond motifs is 1. The Morgan fingerprint density at radius 1 is 1.22 bits per heavy atom. The Hall–Kier alpha value is -3.49. The number of carbonyl (C=O) groups is 1. The first kappa shape index (κ1) is 20.4. The molecule has 0 saturated heterocycles. The molecule has 0 spiro atoms. The van der Waals surface area contributed by atoms with Gasteiger partial charge in [-0.2, -0.15) is 4.98 Å². The zero-order valence-electron chi connectivity index (χ0n) is 16.8. The van der Waals surface area contributed by atoms with Crippen LogP contribution >= 0.6 is 22.9 Å². The monoisotopic (exact) mass is 464 g/mol. The van der Waals surface area contributed by atoms with E-state index in [9.17, 15) is 9.90 Å². The minimum atomic E-state index is -1.01. The van der Waals surface area contributed by atoms with E-state index in [1.54, 1.807) is 36.6 Å². The minimum absolute atomic E-state index is 0.178. The number of aromatic nitrogens is 3. The van der Waals surface area contributed by atoms with E-state index in [1.807, 2.05) is 35.7 Å². The van der Waals surface area contributed by atoms with Gasteiger partial charge in [-0.15, -0.1) is 22.9 Å². The van der Waals surface area contributed by atoms with E-state index < -0.39 is 5.97 Å². The summed E-state index contributed by atoms with van der Waals surface area (Å²) >= 11 is 8.20. The van der Waals surface area contributed by atoms with Crippen LogP contribution in [0, 0.1) is 6.92 Å². The number of carboxylic acids is 1. The van der Waals surface area contributed by atoms with Gasteiger partial charge in [0.25, 0.3) is 0 Å². The van der Waals surface area contributed by atoms with Crippen molar-refractivity contribution in [2.45, 2.75) is 18.3 Å². The van der Waals surface area contributed by atoms with Crippen molar-refractivity contribution in [2.24, 2.45) is 4.99 Å². The largest absolute Gasteiger partial charge is 0.478 e. The predicted molar refractivity (Wildman–Crippen MR) is 122 cm³/mol. The summed E-state index contributed by atoms with van der Waals surface area (Å²) in [5.41, 5.74) is 3.35. The molecule has 2 unspecified atom stereocenters. The Balaban J connectivity index is 1.42. The molecule has 1 aliphatic heterocycles. The van der Waals surface area contributed by atoms with Crippen LogP contribution in [0.15, 0.2) is 59.0 Å². The van der Waals surface area contributed by atoms with Crippen LogP contribution in [0.4, 0.5) is 0 Å². The molecule has 9 heteroatoms. The van der Waals surface area contributed by atoms with Gasteiger partial charge >= 0.3 is 12.0 Å². The number of halogens is 1. The van der Waals surface area contributed by atoms with Gasteiger partial charge in [0.05, 0.1) is 22.3 Å². The number of hydrogen-bond donors (Lipinski definition) is 2. The molecule has 0 aliphatic carbocycles. The zero-order chi connectivity index (χ0) is 22.2. The maximum absolute atomic E-state index is 11.4. The molecule has 160 valence electrons. The molecule has 1 aliphatic rings. The zero-order valence-corrected chi connectivity index (χ0v) is 18.4. The number of imidazole rings is 1. The van der Waals surface area contributed by atoms with Crippen molar-refractivity contribution in [3.05, 3.63) is 81.6 Å². The summed E-state index contributed by atoms with van der Waals surface area (Å²) in [6, 6.07) is 12.8. The number of ether oxygens (including phenoxy) is 1. The van der Waals surface area contributed by atoms with Crippen LogP contribution in [0.2, 0.25) is 0 Å². The summed E-state index contributed by atoms with van der Waals surface area (Å²) in [5.74, 6) is -0.639. The number of aromatic amines is 1. The number of H-pyrrole nitrogens is 1. The Kier molecular flexibility index (Phi) is 5.24. The van der Waals surface area contributed by atoms with Crippen molar-refractivity contribution in [1.29, 1.82) is 0 Å². The number of rotatable bonds is 5. The molecule has 4 aromatic rings. The summed E-state index contributed by atoms with van der Waals surface area (Å²) in [7, 11) is 0. The number of benzene rings is 2. The topological polar surface area (TPSA) is 100 Å². The molecule has 32 heavy (non-hydrogen) atoms. The number of thiazole rings is 1. The molecule has 0 bridgehead atoms. The van der Waals surface area contributed by atoms with Crippen LogP contribution in [0.5, 0.6) is 11.8 Å². The number of aryl methyl sites for hydroxylation is 1. The third kappa shape index (κ3) is 3.90. The van der Waals surface area contributed by atoms with E-state index in [0.717, 1.165) is 16.1 Å². The van der Waals surface area contributed by atoms with E-state index in [1.165, 1.54) is 6.07 Å². The lowest BCUT2D eigenvalue weighted by molar-refractivity contribution is 0.0695. The second kappa shape index (κ2) is 8.22. The van der Waals surface area contributed by atoms with Gasteiger partial charge in [-0.3, -0.25) is 4.99 Å². The number of hydrogen-bond acceptors (Lipinski definition) is 6. The summed E-state index contributed by atoms with van der Waals surface area (Å²) in [6.45, 7) is 1.73. The third-order valence-electron chi connectivity index (χ3n) is 5.16. The fraction of sp³-hybridized carbons (Fsp3) is 0.130. The first-order chi connectivity index (χ1) is 15.5. The van der Waals surface area contributed by atoms with Gasteiger partial charge in [-0.1, -0.05) is 30.3 Å². The van der Waals surface area contributed by atoms with Gasteiger partial charge in [-0.05, 0) is 36.3 Å². The molecule has 0 fully saturated rings. The van der Waals surface area contributed by atoms with Crippen LogP contribution in [-0.2, 0) is 0 Å². The first-order valence-corrected chi connectivity index (χ1v) is 11.1. The van der Waals surface area contributed by atoms with Gasteiger partial charge in [0, 0.05) is 17.1 Å². The number of carboxylic acid groups (broad SMARTS) is 1. The molecule has 7 nitrogen and oxygen atoms in total. The molecule has 2 aromatic heterocycles. The third-order valence-corrected chi connectivity index (χ3v) is 6.35. The van der Waals surface area contributed by atoms with Crippen LogP contribution in [0.25, 0.3) is 16.6 Å². The summed E-state index contributed by atoms with van der Waals surface area (Å²) in [6.07, 6.45) is 3.65. The van der Waals surface area contributed by atoms with Crippen molar-refractivity contribution in [3.8, 4) is 22.3 Å². The highest BCUT2D eigenvalue weighted by Gasteiger charge is 2.23. The molecule has 3 heterocycles. The first-order valence-electron chi connectivity index (χ1n) is 9.79. The van der Waals surface area contributed by atoms with Crippen molar-refractivity contribution < 1.29 is 14.6 Å². The Morgan fingerprint density at radius 2 is 2.03 bits per heavy atom. The van der Waals surface area contributed by atoms with Gasteiger partial charge in [0.15, 0.2) is 5.49 Å². The average molecular weight is 465 g/mol. The van der Waals surface area contributed by atoms with E-state index in [-0.39, 0.29) is 23.0 Å². The number of alkyl halides is 1. The molecule has 0 radical (unpaired) electrons. The molecular formula is C23H17ClN4O3S. The van der Waals surface area contributed by atoms with Gasteiger partial charge < -0.3 is 14.8 Å². The van der Waals surface area contributed by atoms with E-state index in [0.29, 0.717) is 22.1 Å². The molecule has 0 saturated carbocycles. The smallest absolute Gasteiger partial charge is 0.336 e. The standard InChI is InChI=1S/C23H17ClN4O3S/c1-12-2-7-15(10-16(12)22(29)30)31-23-26-18-11-17(24)19(27-20(18)28-23)13-3-5-14(6-4-13)21-25-8-9-32-21/h2-11,17,19H,1H3,(H,29,30)(H,26,27,28). The molecular weight excluding hydrogens is 448 g/mol. The second-order valence-corrected chi connectivity index (χ2v) is 8.71. The molecule has 5 rings (SSSR count). The van der Waals surface area contributed by atoms with Crippen LogP contribution < -0.4 is 15.6 Å². The highest BCUT2D eigenvalue weighted by Crippen LogP contribution is 2.30. The number of nitrogens with one attached hydrogen (secondary N) is 1. The van der Waals surface area contributed by atoms with E-state index >= 15 is 0 Å². The fourth-order valence-corrected chi connectivity index (χ4v) is 4.50. The molecule has 0 amide bonds. The van der Waals surface area contributed by atoms with Crippen LogP contribution in [-0.4, -0.2) is 31.4 Å². The Labute approximate surface area is 191 Å². The SMILES string of the molecule is Cc1ccc(Oc2nc3c([nH]2)=CC(Cl)C(c2ccc(-c4nccs4)cc2)N=3)cc1C(=O)O. The Morgan fingerprint density at radius 3 is 2.75 bits per heavy atom. The lowest BCUT2D eigenvalue weighted by atomic mass is 10.0. The minimum Gasteiger partial charge on any atom is -0.478 e. The van der Waals surface area contributed by atoms with Crippen LogP contribution in [0.3, 0.4) is 0 Å². The highest BCUT2D eigenvalue weighted by molar-refractivity contribution is 7.13. The lowest BCUT2D eigenvalue weighted by Crippen LogP contribution is -2.33. The van der Waals surface area contributed by atoms with Gasteiger partial charge in [0.1, 0.15) is 10.8 Å². The lowest BCUT2D eigenvalue weighted by Gasteiger charge is -2.17. The average Bonchev–Trinajstić information content (AvgIpc) is 3.44. The maximum atomic E-state index is 11.4.